The summed E-state index contributed by atoms with van der Waals surface area (Å²) in [4.78, 5) is 17.6. The highest BCUT2D eigenvalue weighted by atomic mass is 32.2. The van der Waals surface area contributed by atoms with E-state index in [9.17, 15) is 17.6 Å². The second kappa shape index (κ2) is 9.25. The molecule has 1 saturated heterocycles. The van der Waals surface area contributed by atoms with E-state index in [1.54, 1.807) is 11.3 Å². The number of benzene rings is 3. The topological polar surface area (TPSA) is 79.4 Å². The Balaban J connectivity index is 1.26. The van der Waals surface area contributed by atoms with Crippen molar-refractivity contribution >= 4 is 43.2 Å². The van der Waals surface area contributed by atoms with Gasteiger partial charge in [-0.15, -0.1) is 11.3 Å². The van der Waals surface area contributed by atoms with Crippen LogP contribution >= 0.6 is 11.3 Å². The summed E-state index contributed by atoms with van der Waals surface area (Å²) in [5, 5.41) is 3.82. The van der Waals surface area contributed by atoms with Crippen molar-refractivity contribution in [2.45, 2.75) is 17.7 Å². The molecule has 6 nitrogen and oxygen atoms in total. The van der Waals surface area contributed by atoms with E-state index in [1.807, 2.05) is 48.5 Å². The third kappa shape index (κ3) is 4.59. The van der Waals surface area contributed by atoms with Crippen molar-refractivity contribution in [1.29, 1.82) is 0 Å². The number of hydrogen-bond donors (Lipinski definition) is 1. The number of nitrogens with one attached hydrogen (secondary N) is 1. The van der Waals surface area contributed by atoms with Crippen LogP contribution < -0.4 is 5.32 Å². The smallest absolute Gasteiger partial charge is 0.243 e. The molecule has 174 valence electrons. The second-order valence-electron chi connectivity index (χ2n) is 8.21. The van der Waals surface area contributed by atoms with Crippen LogP contribution in [0.5, 0.6) is 0 Å². The number of halogens is 1. The molecule has 1 aliphatic heterocycles. The zero-order valence-electron chi connectivity index (χ0n) is 18.1. The predicted octanol–water partition coefficient (Wildman–Crippen LogP) is 5.14. The third-order valence-electron chi connectivity index (χ3n) is 5.90. The Morgan fingerprint density at radius 1 is 1.03 bits per heavy atom. The molecular formula is C25H22FN3O3S2. The van der Waals surface area contributed by atoms with E-state index >= 15 is 0 Å². The zero-order valence-corrected chi connectivity index (χ0v) is 19.8. The van der Waals surface area contributed by atoms with Gasteiger partial charge in [0, 0.05) is 24.3 Å². The Kier molecular flexibility index (Phi) is 6.16. The summed E-state index contributed by atoms with van der Waals surface area (Å²) < 4.78 is 41.5. The number of thiazole rings is 1. The summed E-state index contributed by atoms with van der Waals surface area (Å²) >= 11 is 1.61. The number of para-hydroxylation sites is 1. The van der Waals surface area contributed by atoms with Gasteiger partial charge in [-0.1, -0.05) is 12.1 Å². The van der Waals surface area contributed by atoms with Gasteiger partial charge in [-0.2, -0.15) is 4.31 Å². The van der Waals surface area contributed by atoms with Crippen LogP contribution in [0.4, 0.5) is 10.1 Å². The molecule has 1 fully saturated rings. The van der Waals surface area contributed by atoms with Crippen LogP contribution in [0, 0.1) is 11.7 Å². The zero-order chi connectivity index (χ0) is 23.7. The number of sulfonamides is 1. The number of amides is 1. The first-order chi connectivity index (χ1) is 16.4. The van der Waals surface area contributed by atoms with Crippen molar-refractivity contribution in [3.8, 4) is 10.6 Å². The van der Waals surface area contributed by atoms with Gasteiger partial charge < -0.3 is 5.32 Å². The molecule has 3 aromatic carbocycles. The Morgan fingerprint density at radius 2 is 1.76 bits per heavy atom. The van der Waals surface area contributed by atoms with E-state index in [1.165, 1.54) is 16.4 Å². The first-order valence-electron chi connectivity index (χ1n) is 10.9. The molecule has 2 heterocycles. The van der Waals surface area contributed by atoms with Gasteiger partial charge in [0.2, 0.25) is 15.9 Å². The maximum Gasteiger partial charge on any atom is 0.243 e. The lowest BCUT2D eigenvalue weighted by atomic mass is 9.98. The van der Waals surface area contributed by atoms with Gasteiger partial charge >= 0.3 is 0 Å². The molecule has 4 aromatic rings. The molecule has 1 amide bonds. The molecule has 1 aliphatic rings. The van der Waals surface area contributed by atoms with Crippen LogP contribution in [-0.4, -0.2) is 36.7 Å². The quantitative estimate of drug-likeness (QED) is 0.416. The number of fused-ring (bicyclic) bond motifs is 1. The highest BCUT2D eigenvalue weighted by Gasteiger charge is 2.33. The summed E-state index contributed by atoms with van der Waals surface area (Å²) in [6.07, 6.45) is 1.18. The lowest BCUT2D eigenvalue weighted by Crippen LogP contribution is -2.43. The lowest BCUT2D eigenvalue weighted by Gasteiger charge is -2.31. The van der Waals surface area contributed by atoms with Crippen LogP contribution in [0.1, 0.15) is 12.8 Å². The molecule has 0 saturated carbocycles. The Bertz CT molecular complexity index is 1400. The van der Waals surface area contributed by atoms with E-state index in [2.05, 4.69) is 10.3 Å². The van der Waals surface area contributed by atoms with Gasteiger partial charge in [-0.3, -0.25) is 4.79 Å². The molecule has 0 bridgehead atoms. The first kappa shape index (κ1) is 22.6. The van der Waals surface area contributed by atoms with Gasteiger partial charge in [0.1, 0.15) is 10.8 Å². The fourth-order valence-electron chi connectivity index (χ4n) is 4.07. The van der Waals surface area contributed by atoms with E-state index < -0.39 is 21.8 Å². The molecule has 9 heteroatoms. The lowest BCUT2D eigenvalue weighted by molar-refractivity contribution is -0.120. The summed E-state index contributed by atoms with van der Waals surface area (Å²) in [5.41, 5.74) is 2.57. The van der Waals surface area contributed by atoms with E-state index in [0.717, 1.165) is 32.9 Å². The number of hydrogen-bond acceptors (Lipinski definition) is 5. The van der Waals surface area contributed by atoms with Crippen LogP contribution in [-0.2, 0) is 14.8 Å². The second-order valence-corrected chi connectivity index (χ2v) is 11.2. The molecule has 1 N–H and O–H groups in total. The molecule has 1 aromatic heterocycles. The monoisotopic (exact) mass is 495 g/mol. The van der Waals surface area contributed by atoms with Gasteiger partial charge in [0.15, 0.2) is 0 Å². The molecular weight excluding hydrogens is 473 g/mol. The third-order valence-corrected chi connectivity index (χ3v) is 8.86. The number of nitrogens with zero attached hydrogens (tertiary/aromatic N) is 2. The number of aromatic nitrogens is 1. The Morgan fingerprint density at radius 3 is 2.50 bits per heavy atom. The fraction of sp³-hybridized carbons (Fsp3) is 0.200. The maximum atomic E-state index is 13.2. The highest BCUT2D eigenvalue weighted by Crippen LogP contribution is 2.31. The van der Waals surface area contributed by atoms with Crippen molar-refractivity contribution in [3.05, 3.63) is 78.6 Å². The van der Waals surface area contributed by atoms with Gasteiger partial charge in [0.05, 0.1) is 21.0 Å². The van der Waals surface area contributed by atoms with Crippen LogP contribution in [0.15, 0.2) is 77.7 Å². The summed E-state index contributed by atoms with van der Waals surface area (Å²) in [7, 11) is -3.78. The highest BCUT2D eigenvalue weighted by molar-refractivity contribution is 7.89. The first-order valence-corrected chi connectivity index (χ1v) is 13.2. The molecule has 1 unspecified atom stereocenters. The minimum atomic E-state index is -3.78. The number of anilines is 1. The average molecular weight is 496 g/mol. The fourth-order valence-corrected chi connectivity index (χ4v) is 6.56. The summed E-state index contributed by atoms with van der Waals surface area (Å²) in [5.74, 6) is -1.18. The van der Waals surface area contributed by atoms with Crippen molar-refractivity contribution in [2.75, 3.05) is 18.4 Å². The van der Waals surface area contributed by atoms with Gasteiger partial charge in [-0.25, -0.2) is 17.8 Å². The van der Waals surface area contributed by atoms with E-state index in [4.69, 9.17) is 0 Å². The standard InChI is InChI=1S/C25H22FN3O3S2/c26-19-9-13-21(14-10-19)34(31,32)29-15-3-4-18(16-29)24(30)27-20-11-7-17(8-12-20)25-28-22-5-1-2-6-23(22)33-25/h1-2,5-14,18H,3-4,15-16H2,(H,27,30). The largest absolute Gasteiger partial charge is 0.326 e. The van der Waals surface area contributed by atoms with Gasteiger partial charge in [-0.05, 0) is 73.5 Å². The number of carbonyl (C=O) groups is 1. The summed E-state index contributed by atoms with van der Waals surface area (Å²) in [6.45, 7) is 0.426. The average Bonchev–Trinajstić information content (AvgIpc) is 3.29. The SMILES string of the molecule is O=C(Nc1ccc(-c2nc3ccccc3s2)cc1)C1CCCN(S(=O)(=O)c2ccc(F)cc2)C1. The van der Waals surface area contributed by atoms with Crippen molar-refractivity contribution in [3.63, 3.8) is 0 Å². The van der Waals surface area contributed by atoms with Crippen molar-refractivity contribution < 1.29 is 17.6 Å². The normalized spacial score (nSPS) is 17.0. The Hall–Kier alpha value is -3.14. The molecule has 1 atom stereocenters. The number of carbonyl (C=O) groups excluding carboxylic acids is 1. The minimum Gasteiger partial charge on any atom is -0.326 e. The van der Waals surface area contributed by atoms with E-state index in [-0.39, 0.29) is 17.3 Å². The molecule has 0 spiro atoms. The Labute approximate surface area is 201 Å². The number of piperidine rings is 1. The van der Waals surface area contributed by atoms with Crippen molar-refractivity contribution in [2.24, 2.45) is 5.92 Å². The summed E-state index contributed by atoms with van der Waals surface area (Å²) in [6, 6.07) is 20.2. The number of rotatable bonds is 5. The predicted molar refractivity (Wildman–Crippen MR) is 132 cm³/mol. The van der Waals surface area contributed by atoms with Crippen LogP contribution in [0.3, 0.4) is 0 Å². The van der Waals surface area contributed by atoms with Crippen LogP contribution in [0.2, 0.25) is 0 Å². The molecule has 34 heavy (non-hydrogen) atoms. The molecule has 5 rings (SSSR count). The molecule has 0 radical (unpaired) electrons. The van der Waals surface area contributed by atoms with Crippen LogP contribution in [0.25, 0.3) is 20.8 Å². The molecule has 0 aliphatic carbocycles. The van der Waals surface area contributed by atoms with Crippen molar-refractivity contribution in [1.82, 2.24) is 9.29 Å². The maximum absolute atomic E-state index is 13.2. The minimum absolute atomic E-state index is 0.0281. The van der Waals surface area contributed by atoms with Gasteiger partial charge in [0.25, 0.3) is 0 Å². The van der Waals surface area contributed by atoms with E-state index in [0.29, 0.717) is 25.1 Å².